The van der Waals surface area contributed by atoms with Crippen molar-refractivity contribution in [2.24, 2.45) is 5.92 Å². The van der Waals surface area contributed by atoms with Crippen LogP contribution in [0.3, 0.4) is 0 Å². The SMILES string of the molecule is CC(C)C(CN(C)C)NC(=O)c1c[nH]c2ccc(N)cc12. The molecule has 1 amide bonds. The third-order valence-electron chi connectivity index (χ3n) is 3.63. The van der Waals surface area contributed by atoms with Crippen molar-refractivity contribution < 1.29 is 4.79 Å². The average molecular weight is 288 g/mol. The first kappa shape index (κ1) is 15.4. The number of likely N-dealkylation sites (N-methyl/N-ethyl adjacent to an activating group) is 1. The number of carbonyl (C=O) groups excluding carboxylic acids is 1. The van der Waals surface area contributed by atoms with E-state index in [9.17, 15) is 4.79 Å². The number of benzene rings is 1. The minimum absolute atomic E-state index is 0.0626. The van der Waals surface area contributed by atoms with E-state index in [0.29, 0.717) is 17.2 Å². The van der Waals surface area contributed by atoms with E-state index in [2.05, 4.69) is 29.0 Å². The number of nitrogens with one attached hydrogen (secondary N) is 2. The van der Waals surface area contributed by atoms with Gasteiger partial charge >= 0.3 is 0 Å². The molecule has 0 aliphatic carbocycles. The van der Waals surface area contributed by atoms with E-state index in [4.69, 9.17) is 5.73 Å². The number of H-pyrrole nitrogens is 1. The van der Waals surface area contributed by atoms with Crippen molar-refractivity contribution in [3.8, 4) is 0 Å². The van der Waals surface area contributed by atoms with Gasteiger partial charge in [0.25, 0.3) is 5.91 Å². The fraction of sp³-hybridized carbons (Fsp3) is 0.438. The van der Waals surface area contributed by atoms with Gasteiger partial charge in [0.2, 0.25) is 0 Å². The van der Waals surface area contributed by atoms with E-state index in [1.54, 1.807) is 6.20 Å². The van der Waals surface area contributed by atoms with Crippen molar-refractivity contribution in [3.63, 3.8) is 0 Å². The Labute approximate surface area is 125 Å². The molecule has 0 aliphatic rings. The third kappa shape index (κ3) is 3.55. The molecule has 0 radical (unpaired) electrons. The fourth-order valence-corrected chi connectivity index (χ4v) is 2.39. The smallest absolute Gasteiger partial charge is 0.253 e. The van der Waals surface area contributed by atoms with E-state index >= 15 is 0 Å². The lowest BCUT2D eigenvalue weighted by Crippen LogP contribution is -2.44. The molecule has 2 aromatic rings. The number of hydrogen-bond donors (Lipinski definition) is 3. The van der Waals surface area contributed by atoms with Gasteiger partial charge in [-0.2, -0.15) is 0 Å². The van der Waals surface area contributed by atoms with E-state index in [0.717, 1.165) is 17.4 Å². The fourth-order valence-electron chi connectivity index (χ4n) is 2.39. The molecule has 5 heteroatoms. The van der Waals surface area contributed by atoms with Gasteiger partial charge in [-0.15, -0.1) is 0 Å². The molecule has 1 atom stereocenters. The van der Waals surface area contributed by atoms with Gasteiger partial charge in [0.1, 0.15) is 0 Å². The molecule has 4 N–H and O–H groups in total. The molecule has 2 rings (SSSR count). The Morgan fingerprint density at radius 1 is 1.38 bits per heavy atom. The zero-order chi connectivity index (χ0) is 15.6. The van der Waals surface area contributed by atoms with Crippen LogP contribution in [0.5, 0.6) is 0 Å². The highest BCUT2D eigenvalue weighted by Crippen LogP contribution is 2.21. The van der Waals surface area contributed by atoms with Gasteiger partial charge in [-0.3, -0.25) is 4.79 Å². The van der Waals surface area contributed by atoms with Gasteiger partial charge < -0.3 is 20.9 Å². The predicted octanol–water partition coefficient (Wildman–Crippen LogP) is 2.07. The number of aromatic nitrogens is 1. The van der Waals surface area contributed by atoms with Gasteiger partial charge in [0, 0.05) is 35.4 Å². The van der Waals surface area contributed by atoms with Crippen LogP contribution >= 0.6 is 0 Å². The summed E-state index contributed by atoms with van der Waals surface area (Å²) in [5.74, 6) is 0.305. The second-order valence-electron chi connectivity index (χ2n) is 6.09. The number of nitrogens with two attached hydrogens (primary N) is 1. The lowest BCUT2D eigenvalue weighted by molar-refractivity contribution is 0.0918. The number of fused-ring (bicyclic) bond motifs is 1. The number of aromatic amines is 1. The van der Waals surface area contributed by atoms with E-state index in [1.807, 2.05) is 32.3 Å². The Morgan fingerprint density at radius 3 is 2.71 bits per heavy atom. The normalized spacial score (nSPS) is 13.0. The minimum atomic E-state index is -0.0626. The van der Waals surface area contributed by atoms with Crippen molar-refractivity contribution in [2.45, 2.75) is 19.9 Å². The quantitative estimate of drug-likeness (QED) is 0.737. The summed E-state index contributed by atoms with van der Waals surface area (Å²) in [7, 11) is 4.02. The van der Waals surface area contributed by atoms with Crippen LogP contribution < -0.4 is 11.1 Å². The maximum Gasteiger partial charge on any atom is 0.253 e. The number of carbonyl (C=O) groups is 1. The molecular weight excluding hydrogens is 264 g/mol. The molecule has 0 fully saturated rings. The standard InChI is InChI=1S/C16H24N4O/c1-10(2)15(9-20(3)4)19-16(21)13-8-18-14-6-5-11(17)7-12(13)14/h5-8,10,15,18H,9,17H2,1-4H3,(H,19,21). The van der Waals surface area contributed by atoms with Crippen LogP contribution in [-0.2, 0) is 0 Å². The summed E-state index contributed by atoms with van der Waals surface area (Å²) in [6.07, 6.45) is 1.74. The zero-order valence-corrected chi connectivity index (χ0v) is 13.1. The summed E-state index contributed by atoms with van der Waals surface area (Å²) < 4.78 is 0. The van der Waals surface area contributed by atoms with Crippen LogP contribution in [0.2, 0.25) is 0 Å². The summed E-state index contributed by atoms with van der Waals surface area (Å²) in [4.78, 5) is 17.7. The van der Waals surface area contributed by atoms with Crippen LogP contribution in [-0.4, -0.2) is 42.5 Å². The number of nitrogen functional groups attached to an aromatic ring is 1. The molecule has 0 aliphatic heterocycles. The Morgan fingerprint density at radius 2 is 2.10 bits per heavy atom. The largest absolute Gasteiger partial charge is 0.399 e. The summed E-state index contributed by atoms with van der Waals surface area (Å²) in [6.45, 7) is 5.04. The summed E-state index contributed by atoms with van der Waals surface area (Å²) in [5, 5.41) is 3.98. The molecule has 0 saturated heterocycles. The molecule has 21 heavy (non-hydrogen) atoms. The number of anilines is 1. The second kappa shape index (κ2) is 6.18. The predicted molar refractivity (Wildman–Crippen MR) is 87.4 cm³/mol. The average Bonchev–Trinajstić information content (AvgIpc) is 2.80. The Bertz CT molecular complexity index is 630. The number of amides is 1. The molecule has 0 saturated carbocycles. The van der Waals surface area contributed by atoms with Crippen molar-refractivity contribution >= 4 is 22.5 Å². The van der Waals surface area contributed by atoms with Gasteiger partial charge in [-0.05, 0) is 38.2 Å². The molecule has 1 aromatic carbocycles. The molecule has 114 valence electrons. The first-order chi connectivity index (χ1) is 9.88. The monoisotopic (exact) mass is 288 g/mol. The number of rotatable bonds is 5. The van der Waals surface area contributed by atoms with Crippen LogP contribution in [0.1, 0.15) is 24.2 Å². The van der Waals surface area contributed by atoms with E-state index in [-0.39, 0.29) is 11.9 Å². The molecule has 0 bridgehead atoms. The maximum absolute atomic E-state index is 12.5. The minimum Gasteiger partial charge on any atom is -0.399 e. The lowest BCUT2D eigenvalue weighted by atomic mass is 10.0. The molecule has 1 unspecified atom stereocenters. The summed E-state index contributed by atoms with van der Waals surface area (Å²) >= 11 is 0. The molecule has 1 aromatic heterocycles. The number of nitrogens with zero attached hydrogens (tertiary/aromatic N) is 1. The molecular formula is C16H24N4O. The Balaban J connectivity index is 2.23. The highest BCUT2D eigenvalue weighted by Gasteiger charge is 2.19. The molecule has 1 heterocycles. The zero-order valence-electron chi connectivity index (χ0n) is 13.1. The van der Waals surface area contributed by atoms with E-state index < -0.39 is 0 Å². The first-order valence-corrected chi connectivity index (χ1v) is 7.20. The second-order valence-corrected chi connectivity index (χ2v) is 6.09. The van der Waals surface area contributed by atoms with Crippen molar-refractivity contribution in [2.75, 3.05) is 26.4 Å². The first-order valence-electron chi connectivity index (χ1n) is 7.20. The highest BCUT2D eigenvalue weighted by atomic mass is 16.1. The molecule has 0 spiro atoms. The number of hydrogen-bond acceptors (Lipinski definition) is 3. The third-order valence-corrected chi connectivity index (χ3v) is 3.63. The highest BCUT2D eigenvalue weighted by molar-refractivity contribution is 6.07. The van der Waals surface area contributed by atoms with Crippen molar-refractivity contribution in [1.82, 2.24) is 15.2 Å². The summed E-state index contributed by atoms with van der Waals surface area (Å²) in [5.41, 5.74) is 8.03. The van der Waals surface area contributed by atoms with Crippen LogP contribution in [0.15, 0.2) is 24.4 Å². The Hall–Kier alpha value is -2.01. The van der Waals surface area contributed by atoms with Crippen LogP contribution in [0.25, 0.3) is 10.9 Å². The lowest BCUT2D eigenvalue weighted by Gasteiger charge is -2.25. The van der Waals surface area contributed by atoms with Gasteiger partial charge in [-0.25, -0.2) is 0 Å². The van der Waals surface area contributed by atoms with Crippen molar-refractivity contribution in [1.29, 1.82) is 0 Å². The van der Waals surface area contributed by atoms with Crippen LogP contribution in [0.4, 0.5) is 5.69 Å². The van der Waals surface area contributed by atoms with E-state index in [1.165, 1.54) is 0 Å². The molecule has 5 nitrogen and oxygen atoms in total. The topological polar surface area (TPSA) is 74.2 Å². The van der Waals surface area contributed by atoms with Crippen LogP contribution in [0, 0.1) is 5.92 Å². The van der Waals surface area contributed by atoms with Crippen molar-refractivity contribution in [3.05, 3.63) is 30.0 Å². The van der Waals surface area contributed by atoms with Gasteiger partial charge in [-0.1, -0.05) is 13.8 Å². The van der Waals surface area contributed by atoms with Gasteiger partial charge in [0.05, 0.1) is 5.56 Å². The summed E-state index contributed by atoms with van der Waals surface area (Å²) in [6, 6.07) is 5.65. The van der Waals surface area contributed by atoms with Gasteiger partial charge in [0.15, 0.2) is 0 Å². The Kier molecular flexibility index (Phi) is 4.53. The maximum atomic E-state index is 12.5.